The van der Waals surface area contributed by atoms with Gasteiger partial charge in [0.15, 0.2) is 0 Å². The Labute approximate surface area is 142 Å². The van der Waals surface area contributed by atoms with Crippen LogP contribution in [0.1, 0.15) is 20.7 Å². The molecule has 0 bridgehead atoms. The summed E-state index contributed by atoms with van der Waals surface area (Å²) in [6, 6.07) is 9.31. The molecule has 0 saturated carbocycles. The summed E-state index contributed by atoms with van der Waals surface area (Å²) in [7, 11) is 3.24. The molecule has 2 rings (SSSR count). The smallest absolute Gasteiger partial charge is 0.290 e. The molecule has 2 amide bonds. The zero-order chi connectivity index (χ0) is 17.7. The Morgan fingerprint density at radius 2 is 1.96 bits per heavy atom. The summed E-state index contributed by atoms with van der Waals surface area (Å²) in [4.78, 5) is 29.5. The van der Waals surface area contributed by atoms with Crippen LogP contribution in [0.3, 0.4) is 0 Å². The lowest BCUT2D eigenvalue weighted by Gasteiger charge is -2.12. The van der Waals surface area contributed by atoms with E-state index in [-0.39, 0.29) is 28.3 Å². The quantitative estimate of drug-likeness (QED) is 0.839. The maximum atomic E-state index is 12.6. The number of nitrogens with one attached hydrogen (secondary N) is 1. The van der Waals surface area contributed by atoms with Crippen molar-refractivity contribution >= 4 is 29.3 Å². The van der Waals surface area contributed by atoms with Gasteiger partial charge in [-0.15, -0.1) is 0 Å². The molecule has 1 heterocycles. The summed E-state index contributed by atoms with van der Waals surface area (Å²) in [6.45, 7) is 0. The van der Waals surface area contributed by atoms with Crippen molar-refractivity contribution < 1.29 is 18.4 Å². The molecule has 0 aliphatic rings. The first-order chi connectivity index (χ1) is 11.4. The molecule has 8 heteroatoms. The van der Waals surface area contributed by atoms with E-state index in [1.165, 1.54) is 29.3 Å². The van der Waals surface area contributed by atoms with Gasteiger partial charge in [-0.1, -0.05) is 6.07 Å². The van der Waals surface area contributed by atoms with Gasteiger partial charge < -0.3 is 10.2 Å². The highest BCUT2D eigenvalue weighted by atomic mass is 32.2. The van der Waals surface area contributed by atoms with Gasteiger partial charge in [0.1, 0.15) is 5.03 Å². The van der Waals surface area contributed by atoms with E-state index in [9.17, 15) is 18.4 Å². The lowest BCUT2D eigenvalue weighted by atomic mass is 10.1. The van der Waals surface area contributed by atoms with Gasteiger partial charge in [0.25, 0.3) is 17.6 Å². The molecule has 0 spiro atoms. The van der Waals surface area contributed by atoms with Crippen LogP contribution in [-0.4, -0.2) is 41.6 Å². The predicted molar refractivity (Wildman–Crippen MR) is 88.5 cm³/mol. The Morgan fingerprint density at radius 3 is 2.62 bits per heavy atom. The predicted octanol–water partition coefficient (Wildman–Crippen LogP) is 3.35. The van der Waals surface area contributed by atoms with Crippen molar-refractivity contribution in [2.45, 2.75) is 10.8 Å². The standard InChI is InChI=1S/C16H15F2N3O2S/c1-21(2)15(23)10-5-3-6-11(9-10)20-13(22)12-7-4-8-19-14(12)24-16(17)18/h3-9,16H,1-2H3,(H,20,22). The molecule has 1 N–H and O–H groups in total. The third-order valence-electron chi connectivity index (χ3n) is 2.99. The fourth-order valence-corrected chi connectivity index (χ4v) is 2.51. The lowest BCUT2D eigenvalue weighted by molar-refractivity contribution is 0.0827. The first kappa shape index (κ1) is 17.9. The van der Waals surface area contributed by atoms with Crippen LogP contribution in [0.4, 0.5) is 14.5 Å². The number of hydrogen-bond donors (Lipinski definition) is 1. The Morgan fingerprint density at radius 1 is 1.21 bits per heavy atom. The van der Waals surface area contributed by atoms with Crippen molar-refractivity contribution in [1.82, 2.24) is 9.88 Å². The number of nitrogens with zero attached hydrogens (tertiary/aromatic N) is 2. The monoisotopic (exact) mass is 351 g/mol. The largest absolute Gasteiger partial charge is 0.345 e. The molecular weight excluding hydrogens is 336 g/mol. The molecule has 0 unspecified atom stereocenters. The minimum Gasteiger partial charge on any atom is -0.345 e. The van der Waals surface area contributed by atoms with Crippen molar-refractivity contribution in [3.8, 4) is 0 Å². The van der Waals surface area contributed by atoms with Gasteiger partial charge in [-0.25, -0.2) is 4.98 Å². The highest BCUT2D eigenvalue weighted by Gasteiger charge is 2.17. The molecule has 0 saturated heterocycles. The van der Waals surface area contributed by atoms with Gasteiger partial charge in [0, 0.05) is 31.5 Å². The van der Waals surface area contributed by atoms with Crippen LogP contribution < -0.4 is 5.32 Å². The van der Waals surface area contributed by atoms with Gasteiger partial charge in [0.05, 0.1) is 5.56 Å². The van der Waals surface area contributed by atoms with Gasteiger partial charge in [-0.3, -0.25) is 9.59 Å². The first-order valence-electron chi connectivity index (χ1n) is 6.91. The SMILES string of the molecule is CN(C)C(=O)c1cccc(NC(=O)c2cccnc2SC(F)F)c1. The summed E-state index contributed by atoms with van der Waals surface area (Å²) in [5, 5.41) is 2.55. The summed E-state index contributed by atoms with van der Waals surface area (Å²) < 4.78 is 25.1. The van der Waals surface area contributed by atoms with E-state index < -0.39 is 11.7 Å². The Kier molecular flexibility index (Phi) is 5.86. The van der Waals surface area contributed by atoms with Crippen LogP contribution in [-0.2, 0) is 0 Å². The molecule has 0 aliphatic heterocycles. The minimum absolute atomic E-state index is 0.0483. The number of halogens is 2. The fraction of sp³-hybridized carbons (Fsp3) is 0.188. The summed E-state index contributed by atoms with van der Waals surface area (Å²) in [5.74, 6) is -3.45. The molecule has 0 radical (unpaired) electrons. The highest BCUT2D eigenvalue weighted by Crippen LogP contribution is 2.26. The van der Waals surface area contributed by atoms with Crippen molar-refractivity contribution in [3.05, 3.63) is 53.7 Å². The average Bonchev–Trinajstić information content (AvgIpc) is 2.54. The second-order valence-corrected chi connectivity index (χ2v) is 5.95. The van der Waals surface area contributed by atoms with Crippen molar-refractivity contribution in [2.24, 2.45) is 0 Å². The van der Waals surface area contributed by atoms with Crippen molar-refractivity contribution in [1.29, 1.82) is 0 Å². The van der Waals surface area contributed by atoms with Crippen LogP contribution in [0.5, 0.6) is 0 Å². The third kappa shape index (κ3) is 4.51. The third-order valence-corrected chi connectivity index (χ3v) is 3.72. The van der Waals surface area contributed by atoms with E-state index in [0.29, 0.717) is 11.3 Å². The van der Waals surface area contributed by atoms with Crippen LogP contribution in [0, 0.1) is 0 Å². The number of carbonyl (C=O) groups excluding carboxylic acids is 2. The van der Waals surface area contributed by atoms with Gasteiger partial charge in [-0.05, 0) is 42.1 Å². The van der Waals surface area contributed by atoms with E-state index in [0.717, 1.165) is 0 Å². The molecule has 0 aliphatic carbocycles. The van der Waals surface area contributed by atoms with Crippen LogP contribution in [0.2, 0.25) is 0 Å². The number of alkyl halides is 2. The maximum absolute atomic E-state index is 12.6. The van der Waals surface area contributed by atoms with Gasteiger partial charge in [-0.2, -0.15) is 8.78 Å². The number of carbonyl (C=O) groups is 2. The van der Waals surface area contributed by atoms with Crippen molar-refractivity contribution in [3.63, 3.8) is 0 Å². The Hall–Kier alpha value is -2.48. The van der Waals surface area contributed by atoms with E-state index in [1.807, 2.05) is 0 Å². The number of amides is 2. The first-order valence-corrected chi connectivity index (χ1v) is 7.79. The number of rotatable bonds is 5. The zero-order valence-corrected chi connectivity index (χ0v) is 13.8. The average molecular weight is 351 g/mol. The number of aromatic nitrogens is 1. The second-order valence-electron chi connectivity index (χ2n) is 4.97. The van der Waals surface area contributed by atoms with Crippen LogP contribution >= 0.6 is 11.8 Å². The summed E-state index contributed by atoms with van der Waals surface area (Å²) in [6.07, 6.45) is 1.35. The molecule has 1 aromatic carbocycles. The molecule has 126 valence electrons. The number of hydrogen-bond acceptors (Lipinski definition) is 4. The normalized spacial score (nSPS) is 10.5. The fourth-order valence-electron chi connectivity index (χ4n) is 1.93. The number of thioether (sulfide) groups is 1. The molecule has 2 aromatic rings. The molecule has 0 atom stereocenters. The second kappa shape index (κ2) is 7.87. The van der Waals surface area contributed by atoms with E-state index in [1.54, 1.807) is 32.3 Å². The van der Waals surface area contributed by atoms with Gasteiger partial charge in [0.2, 0.25) is 0 Å². The van der Waals surface area contributed by atoms with Crippen LogP contribution in [0.25, 0.3) is 0 Å². The topological polar surface area (TPSA) is 62.3 Å². The molecular formula is C16H15F2N3O2S. The zero-order valence-electron chi connectivity index (χ0n) is 13.0. The number of pyridine rings is 1. The summed E-state index contributed by atoms with van der Waals surface area (Å²) in [5.41, 5.74) is 0.850. The van der Waals surface area contributed by atoms with Gasteiger partial charge >= 0.3 is 0 Å². The molecule has 24 heavy (non-hydrogen) atoms. The Balaban J connectivity index is 2.22. The van der Waals surface area contributed by atoms with Crippen LogP contribution in [0.15, 0.2) is 47.6 Å². The maximum Gasteiger partial charge on any atom is 0.290 e. The Bertz CT molecular complexity index is 754. The van der Waals surface area contributed by atoms with E-state index in [4.69, 9.17) is 0 Å². The van der Waals surface area contributed by atoms with E-state index in [2.05, 4.69) is 10.3 Å². The van der Waals surface area contributed by atoms with Crippen molar-refractivity contribution in [2.75, 3.05) is 19.4 Å². The minimum atomic E-state index is -2.67. The lowest BCUT2D eigenvalue weighted by Crippen LogP contribution is -2.22. The molecule has 1 aromatic heterocycles. The van der Waals surface area contributed by atoms with E-state index >= 15 is 0 Å². The summed E-state index contributed by atoms with van der Waals surface area (Å²) >= 11 is 0.210. The highest BCUT2D eigenvalue weighted by molar-refractivity contribution is 7.99. The number of anilines is 1. The molecule has 5 nitrogen and oxygen atoms in total. The molecule has 0 fully saturated rings. The number of benzene rings is 1.